The van der Waals surface area contributed by atoms with Crippen molar-refractivity contribution < 1.29 is 9.53 Å². The van der Waals surface area contributed by atoms with Crippen LogP contribution in [0.15, 0.2) is 30.3 Å². The van der Waals surface area contributed by atoms with Gasteiger partial charge in [0.25, 0.3) is 5.91 Å². The maximum absolute atomic E-state index is 12.9. The highest BCUT2D eigenvalue weighted by Crippen LogP contribution is 2.25. The summed E-state index contributed by atoms with van der Waals surface area (Å²) in [5.74, 6) is 0.113. The van der Waals surface area contributed by atoms with E-state index in [0.29, 0.717) is 0 Å². The zero-order valence-electron chi connectivity index (χ0n) is 15.5. The van der Waals surface area contributed by atoms with E-state index < -0.39 is 0 Å². The molecule has 3 heterocycles. The zero-order chi connectivity index (χ0) is 18.1. The molecule has 1 aromatic carbocycles. The summed E-state index contributed by atoms with van der Waals surface area (Å²) in [4.78, 5) is 17.1. The van der Waals surface area contributed by atoms with Crippen LogP contribution in [0.1, 0.15) is 34.2 Å². The van der Waals surface area contributed by atoms with Crippen molar-refractivity contribution in [3.05, 3.63) is 47.3 Å². The van der Waals surface area contributed by atoms with E-state index in [1.54, 1.807) is 0 Å². The van der Waals surface area contributed by atoms with Gasteiger partial charge in [0, 0.05) is 43.1 Å². The largest absolute Gasteiger partial charge is 0.378 e. The molecule has 2 aliphatic rings. The number of ether oxygens (including phenoxy) is 1. The number of nitrogens with zero attached hydrogens (tertiary/aromatic N) is 4. The van der Waals surface area contributed by atoms with Crippen LogP contribution in [0.3, 0.4) is 0 Å². The summed E-state index contributed by atoms with van der Waals surface area (Å²) in [5, 5.41) is 4.59. The molecule has 0 N–H and O–H groups in total. The van der Waals surface area contributed by atoms with E-state index in [-0.39, 0.29) is 11.9 Å². The molecule has 0 saturated carbocycles. The summed E-state index contributed by atoms with van der Waals surface area (Å²) >= 11 is 0. The Hall–Kier alpha value is -2.34. The van der Waals surface area contributed by atoms with Crippen molar-refractivity contribution in [2.45, 2.75) is 26.3 Å². The van der Waals surface area contributed by atoms with E-state index >= 15 is 0 Å². The minimum absolute atomic E-state index is 0.113. The van der Waals surface area contributed by atoms with E-state index in [4.69, 9.17) is 4.74 Å². The van der Waals surface area contributed by atoms with Gasteiger partial charge in [-0.15, -0.1) is 0 Å². The van der Waals surface area contributed by atoms with Crippen LogP contribution in [0.25, 0.3) is 0 Å². The third-order valence-electron chi connectivity index (χ3n) is 5.33. The molecule has 2 fully saturated rings. The monoisotopic (exact) mass is 354 g/mol. The molecule has 6 heteroatoms. The first-order chi connectivity index (χ1) is 12.6. The third-order valence-corrected chi connectivity index (χ3v) is 5.33. The van der Waals surface area contributed by atoms with Crippen molar-refractivity contribution >= 4 is 11.6 Å². The van der Waals surface area contributed by atoms with Gasteiger partial charge < -0.3 is 14.5 Å². The average molecular weight is 354 g/mol. The Labute approximate surface area is 154 Å². The predicted octanol–water partition coefficient (Wildman–Crippen LogP) is 2.42. The lowest BCUT2D eigenvalue weighted by Gasteiger charge is -2.29. The highest BCUT2D eigenvalue weighted by molar-refractivity contribution is 5.94. The van der Waals surface area contributed by atoms with Crippen LogP contribution in [-0.4, -0.2) is 60.0 Å². The number of hydrogen-bond acceptors (Lipinski definition) is 4. The van der Waals surface area contributed by atoms with Gasteiger partial charge in [0.1, 0.15) is 0 Å². The fourth-order valence-corrected chi connectivity index (χ4v) is 3.96. The van der Waals surface area contributed by atoms with Gasteiger partial charge in [0.05, 0.1) is 24.9 Å². The zero-order valence-corrected chi connectivity index (χ0v) is 15.5. The molecule has 0 radical (unpaired) electrons. The Morgan fingerprint density at radius 3 is 2.50 bits per heavy atom. The molecule has 0 spiro atoms. The van der Waals surface area contributed by atoms with Crippen LogP contribution in [0.2, 0.25) is 0 Å². The number of hydrogen-bond donors (Lipinski definition) is 0. The van der Waals surface area contributed by atoms with Gasteiger partial charge in [-0.1, -0.05) is 0 Å². The lowest BCUT2D eigenvalue weighted by atomic mass is 10.1. The second kappa shape index (κ2) is 7.11. The van der Waals surface area contributed by atoms with E-state index in [1.165, 1.54) is 0 Å². The number of morpholine rings is 1. The average Bonchev–Trinajstić information content (AvgIpc) is 3.28. The van der Waals surface area contributed by atoms with Crippen LogP contribution < -0.4 is 4.90 Å². The van der Waals surface area contributed by atoms with Crippen molar-refractivity contribution in [1.29, 1.82) is 0 Å². The number of anilines is 1. The second-order valence-corrected chi connectivity index (χ2v) is 7.21. The summed E-state index contributed by atoms with van der Waals surface area (Å²) in [6.45, 7) is 8.95. The number of aromatic nitrogens is 2. The molecule has 6 nitrogen and oxygen atoms in total. The Morgan fingerprint density at radius 1 is 1.12 bits per heavy atom. The second-order valence-electron chi connectivity index (χ2n) is 7.21. The van der Waals surface area contributed by atoms with Crippen molar-refractivity contribution in [3.63, 3.8) is 0 Å². The lowest BCUT2D eigenvalue weighted by Crippen LogP contribution is -2.36. The van der Waals surface area contributed by atoms with Crippen molar-refractivity contribution in [2.24, 2.45) is 0 Å². The molecular weight excluding hydrogens is 328 g/mol. The number of rotatable bonds is 3. The van der Waals surface area contributed by atoms with Crippen LogP contribution >= 0.6 is 0 Å². The van der Waals surface area contributed by atoms with E-state index in [2.05, 4.69) is 27.7 Å². The number of benzene rings is 1. The molecule has 0 unspecified atom stereocenters. The Morgan fingerprint density at radius 2 is 1.85 bits per heavy atom. The predicted molar refractivity (Wildman–Crippen MR) is 101 cm³/mol. The Balaban J connectivity index is 1.42. The first-order valence-electron chi connectivity index (χ1n) is 9.36. The summed E-state index contributed by atoms with van der Waals surface area (Å²) in [6.07, 6.45) is 0.958. The smallest absolute Gasteiger partial charge is 0.253 e. The topological polar surface area (TPSA) is 50.6 Å². The molecule has 138 valence electrons. The van der Waals surface area contributed by atoms with Gasteiger partial charge in [-0.05, 0) is 50.6 Å². The first-order valence-corrected chi connectivity index (χ1v) is 9.36. The molecule has 2 aromatic rings. The highest BCUT2D eigenvalue weighted by Gasteiger charge is 2.29. The van der Waals surface area contributed by atoms with E-state index in [0.717, 1.165) is 68.5 Å². The number of carbonyl (C=O) groups excluding carboxylic acids is 1. The minimum atomic E-state index is 0.113. The molecule has 1 amide bonds. The number of amides is 1. The normalized spacial score (nSPS) is 20.6. The highest BCUT2D eigenvalue weighted by atomic mass is 16.5. The fourth-order valence-electron chi connectivity index (χ4n) is 3.96. The molecule has 0 aliphatic carbocycles. The van der Waals surface area contributed by atoms with E-state index in [9.17, 15) is 4.79 Å². The van der Waals surface area contributed by atoms with Crippen LogP contribution in [0.5, 0.6) is 0 Å². The first kappa shape index (κ1) is 17.1. The molecule has 26 heavy (non-hydrogen) atoms. The third kappa shape index (κ3) is 3.33. The van der Waals surface area contributed by atoms with Crippen molar-refractivity contribution in [2.75, 3.05) is 44.3 Å². The van der Waals surface area contributed by atoms with Gasteiger partial charge in [-0.2, -0.15) is 5.10 Å². The molecule has 2 aliphatic heterocycles. The van der Waals surface area contributed by atoms with Gasteiger partial charge >= 0.3 is 0 Å². The SMILES string of the molecule is Cc1cc(C)n([C@H]2CCN(C(=O)c3ccc(N4CCOCC4)cc3)C2)n1. The molecular formula is C20H26N4O2. The van der Waals surface area contributed by atoms with Gasteiger partial charge in [0.2, 0.25) is 0 Å². The molecule has 2 saturated heterocycles. The Bertz CT molecular complexity index is 778. The molecule has 1 aromatic heterocycles. The summed E-state index contributed by atoms with van der Waals surface area (Å²) in [6, 6.07) is 10.4. The number of aryl methyl sites for hydroxylation is 2. The summed E-state index contributed by atoms with van der Waals surface area (Å²) < 4.78 is 7.47. The Kier molecular flexibility index (Phi) is 4.68. The van der Waals surface area contributed by atoms with Gasteiger partial charge in [0.15, 0.2) is 0 Å². The maximum atomic E-state index is 12.9. The van der Waals surface area contributed by atoms with E-state index in [1.807, 2.05) is 36.1 Å². The van der Waals surface area contributed by atoms with Crippen molar-refractivity contribution in [1.82, 2.24) is 14.7 Å². The van der Waals surface area contributed by atoms with Crippen LogP contribution in [0, 0.1) is 13.8 Å². The maximum Gasteiger partial charge on any atom is 0.253 e. The number of likely N-dealkylation sites (tertiary alicyclic amines) is 1. The molecule has 1 atom stereocenters. The minimum Gasteiger partial charge on any atom is -0.378 e. The van der Waals surface area contributed by atoms with Crippen molar-refractivity contribution in [3.8, 4) is 0 Å². The fraction of sp³-hybridized carbons (Fsp3) is 0.500. The van der Waals surface area contributed by atoms with Gasteiger partial charge in [-0.3, -0.25) is 9.48 Å². The quantitative estimate of drug-likeness (QED) is 0.849. The molecule has 0 bridgehead atoms. The van der Waals surface area contributed by atoms with Crippen LogP contribution in [0.4, 0.5) is 5.69 Å². The van der Waals surface area contributed by atoms with Gasteiger partial charge in [-0.25, -0.2) is 0 Å². The summed E-state index contributed by atoms with van der Waals surface area (Å²) in [5.41, 5.74) is 4.12. The molecule has 4 rings (SSSR count). The standard InChI is InChI=1S/C20H26N4O2/c1-15-13-16(2)24(21-15)19-7-8-23(14-19)20(25)17-3-5-18(6-4-17)22-9-11-26-12-10-22/h3-6,13,19H,7-12,14H2,1-2H3/t19-/m0/s1. The van der Waals surface area contributed by atoms with Crippen LogP contribution in [-0.2, 0) is 4.74 Å². The summed E-state index contributed by atoms with van der Waals surface area (Å²) in [7, 11) is 0. The lowest BCUT2D eigenvalue weighted by molar-refractivity contribution is 0.0787. The number of carbonyl (C=O) groups is 1.